The van der Waals surface area contributed by atoms with E-state index in [1.807, 2.05) is 13.0 Å². The van der Waals surface area contributed by atoms with Gasteiger partial charge in [0.2, 0.25) is 5.13 Å². The lowest BCUT2D eigenvalue weighted by molar-refractivity contribution is 0.0641. The molecule has 0 bridgehead atoms. The number of aromatic nitrogens is 4. The first kappa shape index (κ1) is 22.1. The van der Waals surface area contributed by atoms with E-state index < -0.39 is 29.0 Å². The standard InChI is InChI=1S/C23H16N6O5S/c1-12-5-4-6-13(9-12)29-18(31)10-16(30)19(27-29)20(32)24-23-26-25-17(35-23)11-28-21(33)14-7-2-3-8-15(14)22(28)34/h2-10,30H,11H2,1H3,(H,24,26,32). The molecule has 0 atom stereocenters. The van der Waals surface area contributed by atoms with Crippen molar-refractivity contribution >= 4 is 34.2 Å². The summed E-state index contributed by atoms with van der Waals surface area (Å²) in [7, 11) is 0. The monoisotopic (exact) mass is 488 g/mol. The van der Waals surface area contributed by atoms with Gasteiger partial charge in [0.15, 0.2) is 11.4 Å². The highest BCUT2D eigenvalue weighted by Gasteiger charge is 2.35. The van der Waals surface area contributed by atoms with E-state index in [0.717, 1.165) is 32.5 Å². The van der Waals surface area contributed by atoms with Gasteiger partial charge >= 0.3 is 0 Å². The Balaban J connectivity index is 1.34. The Hall–Kier alpha value is -4.71. The van der Waals surface area contributed by atoms with E-state index in [1.54, 1.807) is 42.5 Å². The average molecular weight is 488 g/mol. The normalized spacial score (nSPS) is 12.7. The summed E-state index contributed by atoms with van der Waals surface area (Å²) in [6, 6.07) is 14.4. The van der Waals surface area contributed by atoms with Gasteiger partial charge in [0.25, 0.3) is 23.3 Å². The van der Waals surface area contributed by atoms with E-state index in [4.69, 9.17) is 0 Å². The third-order valence-corrected chi connectivity index (χ3v) is 6.06. The van der Waals surface area contributed by atoms with Crippen molar-refractivity contribution in [2.24, 2.45) is 0 Å². The molecule has 0 aliphatic carbocycles. The molecule has 174 valence electrons. The summed E-state index contributed by atoms with van der Waals surface area (Å²) in [5, 5.41) is 24.8. The van der Waals surface area contributed by atoms with Crippen LogP contribution in [0.4, 0.5) is 5.13 Å². The van der Waals surface area contributed by atoms with Crippen LogP contribution in [0.5, 0.6) is 5.75 Å². The van der Waals surface area contributed by atoms with Gasteiger partial charge in [0, 0.05) is 6.07 Å². The maximum atomic E-state index is 12.8. The van der Waals surface area contributed by atoms with E-state index in [0.29, 0.717) is 21.8 Å². The molecule has 0 fully saturated rings. The van der Waals surface area contributed by atoms with E-state index in [9.17, 15) is 24.3 Å². The van der Waals surface area contributed by atoms with Crippen LogP contribution in [0.1, 0.15) is 41.8 Å². The zero-order valence-corrected chi connectivity index (χ0v) is 18.9. The number of carbonyl (C=O) groups excluding carboxylic acids is 3. The van der Waals surface area contributed by atoms with Gasteiger partial charge in [0.05, 0.1) is 23.4 Å². The summed E-state index contributed by atoms with van der Waals surface area (Å²) >= 11 is 0.959. The van der Waals surface area contributed by atoms with Gasteiger partial charge in [-0.25, -0.2) is 0 Å². The van der Waals surface area contributed by atoms with E-state index in [-0.39, 0.29) is 17.4 Å². The van der Waals surface area contributed by atoms with E-state index in [2.05, 4.69) is 20.6 Å². The van der Waals surface area contributed by atoms with Crippen LogP contribution < -0.4 is 10.9 Å². The summed E-state index contributed by atoms with van der Waals surface area (Å²) in [5.74, 6) is -2.27. The predicted molar refractivity (Wildman–Crippen MR) is 125 cm³/mol. The molecule has 4 aromatic rings. The highest BCUT2D eigenvalue weighted by molar-refractivity contribution is 7.15. The van der Waals surface area contributed by atoms with Crippen molar-refractivity contribution in [2.45, 2.75) is 13.5 Å². The van der Waals surface area contributed by atoms with Gasteiger partial charge in [-0.05, 0) is 36.8 Å². The van der Waals surface area contributed by atoms with Gasteiger partial charge in [0.1, 0.15) is 5.01 Å². The SMILES string of the molecule is Cc1cccc(-n2nc(C(=O)Nc3nnc(CN4C(=O)c5ccccc5C4=O)s3)c(O)cc2=O)c1. The Labute approximate surface area is 201 Å². The van der Waals surface area contributed by atoms with Crippen molar-refractivity contribution in [3.05, 3.63) is 92.3 Å². The number of nitrogens with one attached hydrogen (secondary N) is 1. The average Bonchev–Trinajstić information content (AvgIpc) is 3.37. The highest BCUT2D eigenvalue weighted by atomic mass is 32.1. The summed E-state index contributed by atoms with van der Waals surface area (Å²) in [6.07, 6.45) is 0. The number of nitrogens with zero attached hydrogens (tertiary/aromatic N) is 5. The van der Waals surface area contributed by atoms with Crippen molar-refractivity contribution in [3.8, 4) is 11.4 Å². The summed E-state index contributed by atoms with van der Waals surface area (Å²) in [5.41, 5.74) is 0.964. The fraction of sp³-hybridized carbons (Fsp3) is 0.0870. The Bertz CT molecular complexity index is 1540. The Morgan fingerprint density at radius 1 is 1.00 bits per heavy atom. The predicted octanol–water partition coefficient (Wildman–Crippen LogP) is 2.15. The minimum absolute atomic E-state index is 0.0658. The van der Waals surface area contributed by atoms with Gasteiger partial charge in [-0.1, -0.05) is 35.6 Å². The number of imide groups is 1. The van der Waals surface area contributed by atoms with E-state index in [1.165, 1.54) is 0 Å². The number of amides is 3. The molecule has 11 nitrogen and oxygen atoms in total. The molecule has 3 amide bonds. The zero-order valence-electron chi connectivity index (χ0n) is 18.1. The fourth-order valence-electron chi connectivity index (χ4n) is 3.60. The minimum atomic E-state index is -0.813. The Kier molecular flexibility index (Phi) is 5.41. The third-order valence-electron chi connectivity index (χ3n) is 5.23. The van der Waals surface area contributed by atoms with Crippen LogP contribution in [0, 0.1) is 6.92 Å². The van der Waals surface area contributed by atoms with Crippen LogP contribution >= 0.6 is 11.3 Å². The molecule has 2 aromatic heterocycles. The first-order chi connectivity index (χ1) is 16.8. The number of hydrogen-bond donors (Lipinski definition) is 2. The zero-order chi connectivity index (χ0) is 24.7. The number of hydrogen-bond acceptors (Lipinski definition) is 9. The molecule has 1 aliphatic rings. The number of aromatic hydroxyl groups is 1. The number of benzene rings is 2. The fourth-order valence-corrected chi connectivity index (χ4v) is 4.32. The van der Waals surface area contributed by atoms with Crippen LogP contribution in [-0.4, -0.2) is 47.7 Å². The molecular formula is C23H16N6O5S. The van der Waals surface area contributed by atoms with E-state index >= 15 is 0 Å². The Morgan fingerprint density at radius 3 is 2.40 bits per heavy atom. The second kappa shape index (κ2) is 8.57. The van der Waals surface area contributed by atoms with Crippen LogP contribution in [0.3, 0.4) is 0 Å². The maximum Gasteiger partial charge on any atom is 0.281 e. The molecule has 2 N–H and O–H groups in total. The van der Waals surface area contributed by atoms with Crippen molar-refractivity contribution < 1.29 is 19.5 Å². The van der Waals surface area contributed by atoms with Crippen molar-refractivity contribution in [3.63, 3.8) is 0 Å². The first-order valence-electron chi connectivity index (χ1n) is 10.3. The molecule has 0 saturated heterocycles. The molecule has 0 unspecified atom stereocenters. The molecule has 5 rings (SSSR count). The molecule has 1 aliphatic heterocycles. The largest absolute Gasteiger partial charge is 0.505 e. The number of rotatable bonds is 5. The Morgan fingerprint density at radius 2 is 1.71 bits per heavy atom. The number of carbonyl (C=O) groups is 3. The topological polar surface area (TPSA) is 147 Å². The molecule has 0 radical (unpaired) electrons. The van der Waals surface area contributed by atoms with Gasteiger partial charge in [-0.2, -0.15) is 9.78 Å². The molecular weight excluding hydrogens is 472 g/mol. The minimum Gasteiger partial charge on any atom is -0.505 e. The molecule has 12 heteroatoms. The van der Waals surface area contributed by atoms with Gasteiger partial charge in [-0.3, -0.25) is 29.4 Å². The lowest BCUT2D eigenvalue weighted by Gasteiger charge is -2.10. The summed E-state index contributed by atoms with van der Waals surface area (Å²) < 4.78 is 1.01. The lowest BCUT2D eigenvalue weighted by Crippen LogP contribution is -2.29. The van der Waals surface area contributed by atoms with Crippen LogP contribution in [0.25, 0.3) is 5.69 Å². The van der Waals surface area contributed by atoms with Crippen LogP contribution in [0.15, 0.2) is 59.4 Å². The first-order valence-corrected chi connectivity index (χ1v) is 11.1. The van der Waals surface area contributed by atoms with Crippen molar-refractivity contribution in [1.29, 1.82) is 0 Å². The molecule has 2 aromatic carbocycles. The van der Waals surface area contributed by atoms with Gasteiger partial charge < -0.3 is 5.11 Å². The number of aryl methyl sites for hydroxylation is 1. The highest BCUT2D eigenvalue weighted by Crippen LogP contribution is 2.26. The summed E-state index contributed by atoms with van der Waals surface area (Å²) in [6.45, 7) is 1.74. The van der Waals surface area contributed by atoms with Crippen LogP contribution in [0.2, 0.25) is 0 Å². The number of anilines is 1. The molecule has 35 heavy (non-hydrogen) atoms. The summed E-state index contributed by atoms with van der Waals surface area (Å²) in [4.78, 5) is 51.2. The number of fused-ring (bicyclic) bond motifs is 1. The molecule has 0 spiro atoms. The van der Waals surface area contributed by atoms with Gasteiger partial charge in [-0.15, -0.1) is 10.2 Å². The van der Waals surface area contributed by atoms with Crippen molar-refractivity contribution in [2.75, 3.05) is 5.32 Å². The molecule has 0 saturated carbocycles. The maximum absolute atomic E-state index is 12.8. The second-order valence-corrected chi connectivity index (χ2v) is 8.73. The molecule has 3 heterocycles. The van der Waals surface area contributed by atoms with Crippen LogP contribution in [-0.2, 0) is 6.54 Å². The second-order valence-electron chi connectivity index (χ2n) is 7.66. The quantitative estimate of drug-likeness (QED) is 0.406. The lowest BCUT2D eigenvalue weighted by atomic mass is 10.1. The smallest absolute Gasteiger partial charge is 0.281 e. The third kappa shape index (κ3) is 4.06. The van der Waals surface area contributed by atoms with Crippen molar-refractivity contribution in [1.82, 2.24) is 24.9 Å².